The molecule has 0 aliphatic heterocycles. The van der Waals surface area contributed by atoms with Gasteiger partial charge in [0, 0.05) is 15.6 Å². The lowest BCUT2D eigenvalue weighted by atomic mass is 10.1. The average Bonchev–Trinajstić information content (AvgIpc) is 3.07. The molecule has 0 saturated heterocycles. The van der Waals surface area contributed by atoms with Gasteiger partial charge in [-0.25, -0.2) is 9.18 Å². The van der Waals surface area contributed by atoms with Crippen molar-refractivity contribution in [2.75, 3.05) is 13.2 Å². The molecule has 0 bridgehead atoms. The smallest absolute Gasteiger partial charge is 0.348 e. The summed E-state index contributed by atoms with van der Waals surface area (Å²) in [5, 5.41) is 0.281. The summed E-state index contributed by atoms with van der Waals surface area (Å²) in [5.41, 5.74) is 0.328. The number of carbonyl (C=O) groups excluding carboxylic acids is 2. The van der Waals surface area contributed by atoms with Gasteiger partial charge in [-0.3, -0.25) is 4.79 Å². The maximum Gasteiger partial charge on any atom is 0.348 e. The number of esters is 2. The first-order valence-electron chi connectivity index (χ1n) is 8.80. The van der Waals surface area contributed by atoms with Crippen molar-refractivity contribution >= 4 is 33.4 Å². The highest BCUT2D eigenvalue weighted by Gasteiger charge is 2.22. The number of ether oxygens (including phenoxy) is 3. The van der Waals surface area contributed by atoms with Crippen molar-refractivity contribution in [3.63, 3.8) is 0 Å². The van der Waals surface area contributed by atoms with Gasteiger partial charge in [-0.15, -0.1) is 11.3 Å². The number of carbonyl (C=O) groups is 2. The van der Waals surface area contributed by atoms with Crippen LogP contribution >= 0.6 is 11.3 Å². The molecule has 0 atom stereocenters. The van der Waals surface area contributed by atoms with E-state index in [1.807, 2.05) is 18.2 Å². The van der Waals surface area contributed by atoms with E-state index in [9.17, 15) is 14.0 Å². The molecule has 0 aliphatic carbocycles. The predicted molar refractivity (Wildman–Crippen MR) is 104 cm³/mol. The standard InChI is InChI=1S/C21H19FO5S/c1-2-25-21(24)20-15(19-16(22)9-6-10-17(19)28-20)13-27-18(23)11-12-26-14-7-4-3-5-8-14/h3-10H,2,11-13H2,1H3. The van der Waals surface area contributed by atoms with Crippen LogP contribution in [0, 0.1) is 5.82 Å². The van der Waals surface area contributed by atoms with Gasteiger partial charge in [0.2, 0.25) is 0 Å². The van der Waals surface area contributed by atoms with E-state index in [0.717, 1.165) is 11.3 Å². The minimum absolute atomic E-state index is 0.0359. The van der Waals surface area contributed by atoms with Crippen LogP contribution in [0.5, 0.6) is 5.75 Å². The molecule has 7 heteroatoms. The fraction of sp³-hybridized carbons (Fsp3) is 0.238. The van der Waals surface area contributed by atoms with Crippen molar-refractivity contribution in [2.45, 2.75) is 20.0 Å². The molecule has 5 nitrogen and oxygen atoms in total. The Balaban J connectivity index is 1.68. The molecule has 0 aliphatic rings. The van der Waals surface area contributed by atoms with Gasteiger partial charge in [-0.05, 0) is 31.2 Å². The molecule has 28 heavy (non-hydrogen) atoms. The van der Waals surface area contributed by atoms with Crippen molar-refractivity contribution in [3.05, 3.63) is 64.8 Å². The van der Waals surface area contributed by atoms with Crippen LogP contribution in [0.15, 0.2) is 48.5 Å². The summed E-state index contributed by atoms with van der Waals surface area (Å²) >= 11 is 1.12. The van der Waals surface area contributed by atoms with Gasteiger partial charge in [0.1, 0.15) is 23.1 Å². The molecule has 0 radical (unpaired) electrons. The van der Waals surface area contributed by atoms with Gasteiger partial charge in [-0.2, -0.15) is 0 Å². The number of benzene rings is 2. The minimum atomic E-state index is -0.554. The van der Waals surface area contributed by atoms with E-state index < -0.39 is 17.8 Å². The number of hydrogen-bond acceptors (Lipinski definition) is 6. The Morgan fingerprint density at radius 2 is 1.82 bits per heavy atom. The minimum Gasteiger partial charge on any atom is -0.493 e. The van der Waals surface area contributed by atoms with E-state index in [1.54, 1.807) is 31.2 Å². The zero-order chi connectivity index (χ0) is 19.9. The highest BCUT2D eigenvalue weighted by Crippen LogP contribution is 2.34. The van der Waals surface area contributed by atoms with Gasteiger partial charge in [0.05, 0.1) is 19.6 Å². The topological polar surface area (TPSA) is 61.8 Å². The van der Waals surface area contributed by atoms with Gasteiger partial charge >= 0.3 is 11.9 Å². The number of para-hydroxylation sites is 1. The Bertz CT molecular complexity index is 968. The highest BCUT2D eigenvalue weighted by molar-refractivity contribution is 7.21. The number of thiophene rings is 1. The number of hydrogen-bond donors (Lipinski definition) is 0. The number of halogens is 1. The van der Waals surface area contributed by atoms with Crippen LogP contribution in [0.2, 0.25) is 0 Å². The second-order valence-corrected chi connectivity index (χ2v) is 6.87. The van der Waals surface area contributed by atoms with Crippen LogP contribution in [0.4, 0.5) is 4.39 Å². The molecule has 2 aromatic carbocycles. The zero-order valence-corrected chi connectivity index (χ0v) is 16.1. The van der Waals surface area contributed by atoms with E-state index in [1.165, 1.54) is 6.07 Å². The van der Waals surface area contributed by atoms with Crippen molar-refractivity contribution < 1.29 is 28.2 Å². The van der Waals surface area contributed by atoms with E-state index in [4.69, 9.17) is 14.2 Å². The summed E-state index contributed by atoms with van der Waals surface area (Å²) in [4.78, 5) is 24.5. The summed E-state index contributed by atoms with van der Waals surface area (Å²) < 4.78 is 30.7. The third-order valence-electron chi connectivity index (χ3n) is 3.92. The molecule has 0 amide bonds. The first-order chi connectivity index (χ1) is 13.6. The normalized spacial score (nSPS) is 10.6. The maximum absolute atomic E-state index is 14.3. The maximum atomic E-state index is 14.3. The van der Waals surface area contributed by atoms with Gasteiger partial charge < -0.3 is 14.2 Å². The lowest BCUT2D eigenvalue weighted by molar-refractivity contribution is -0.145. The fourth-order valence-corrected chi connectivity index (χ4v) is 3.78. The molecule has 1 heterocycles. The third-order valence-corrected chi connectivity index (χ3v) is 5.10. The molecular weight excluding hydrogens is 383 g/mol. The highest BCUT2D eigenvalue weighted by atomic mass is 32.1. The van der Waals surface area contributed by atoms with E-state index >= 15 is 0 Å². The fourth-order valence-electron chi connectivity index (χ4n) is 2.66. The first kappa shape index (κ1) is 19.8. The van der Waals surface area contributed by atoms with Crippen LogP contribution < -0.4 is 4.74 Å². The molecule has 0 unspecified atom stereocenters. The van der Waals surface area contributed by atoms with Gasteiger partial charge in [0.15, 0.2) is 0 Å². The van der Waals surface area contributed by atoms with Crippen molar-refractivity contribution in [1.29, 1.82) is 0 Å². The Morgan fingerprint density at radius 3 is 2.57 bits per heavy atom. The molecule has 1 aromatic heterocycles. The van der Waals surface area contributed by atoms with Gasteiger partial charge in [0.25, 0.3) is 0 Å². The Labute approximate surface area is 165 Å². The Kier molecular flexibility index (Phi) is 6.60. The summed E-state index contributed by atoms with van der Waals surface area (Å²) in [6.07, 6.45) is 0.0359. The lowest BCUT2D eigenvalue weighted by Crippen LogP contribution is -2.12. The van der Waals surface area contributed by atoms with Crippen LogP contribution in [0.3, 0.4) is 0 Å². The summed E-state index contributed by atoms with van der Waals surface area (Å²) in [7, 11) is 0. The SMILES string of the molecule is CCOC(=O)c1sc2cccc(F)c2c1COC(=O)CCOc1ccccc1. The van der Waals surface area contributed by atoms with Crippen LogP contribution in [-0.4, -0.2) is 25.2 Å². The predicted octanol–water partition coefficient (Wildman–Crippen LogP) is 4.73. The summed E-state index contributed by atoms with van der Waals surface area (Å²) in [6, 6.07) is 13.7. The van der Waals surface area contributed by atoms with Gasteiger partial charge in [-0.1, -0.05) is 24.3 Å². The van der Waals surface area contributed by atoms with E-state index in [2.05, 4.69) is 0 Å². The second kappa shape index (κ2) is 9.32. The monoisotopic (exact) mass is 402 g/mol. The van der Waals surface area contributed by atoms with Crippen molar-refractivity contribution in [1.82, 2.24) is 0 Å². The van der Waals surface area contributed by atoms with Crippen LogP contribution in [0.25, 0.3) is 10.1 Å². The average molecular weight is 402 g/mol. The molecule has 3 aromatic rings. The Hall–Kier alpha value is -2.93. The van der Waals surface area contributed by atoms with E-state index in [-0.39, 0.29) is 36.5 Å². The molecule has 3 rings (SSSR count). The molecule has 146 valence electrons. The number of rotatable bonds is 8. The molecule has 0 N–H and O–H groups in total. The van der Waals surface area contributed by atoms with Crippen LogP contribution in [-0.2, 0) is 20.9 Å². The van der Waals surface area contributed by atoms with Crippen molar-refractivity contribution in [3.8, 4) is 5.75 Å². The molecule has 0 spiro atoms. The molecule has 0 saturated carbocycles. The van der Waals surface area contributed by atoms with Crippen molar-refractivity contribution in [2.24, 2.45) is 0 Å². The number of fused-ring (bicyclic) bond motifs is 1. The molecular formula is C21H19FO5S. The van der Waals surface area contributed by atoms with E-state index in [0.29, 0.717) is 16.0 Å². The first-order valence-corrected chi connectivity index (χ1v) is 9.62. The quantitative estimate of drug-likeness (QED) is 0.510. The largest absolute Gasteiger partial charge is 0.493 e. The lowest BCUT2D eigenvalue weighted by Gasteiger charge is -2.08. The second-order valence-electron chi connectivity index (χ2n) is 5.82. The zero-order valence-electron chi connectivity index (χ0n) is 15.3. The van der Waals surface area contributed by atoms with Crippen LogP contribution in [0.1, 0.15) is 28.6 Å². The Morgan fingerprint density at radius 1 is 1.04 bits per heavy atom. The summed E-state index contributed by atoms with van der Waals surface area (Å²) in [6.45, 7) is 1.84. The molecule has 0 fully saturated rings. The third kappa shape index (κ3) is 4.67. The summed E-state index contributed by atoms with van der Waals surface area (Å²) in [5.74, 6) is -0.864.